The molecule has 0 unspecified atom stereocenters. The molecule has 112 valence electrons. The van der Waals surface area contributed by atoms with Gasteiger partial charge in [0.2, 0.25) is 5.91 Å². The van der Waals surface area contributed by atoms with Gasteiger partial charge in [0.25, 0.3) is 0 Å². The minimum atomic E-state index is 0.120. The first-order chi connectivity index (χ1) is 10.1. The van der Waals surface area contributed by atoms with Gasteiger partial charge in [0.1, 0.15) is 0 Å². The zero-order valence-corrected chi connectivity index (χ0v) is 12.3. The Balaban J connectivity index is 1.46. The molecule has 4 saturated carbocycles. The summed E-state index contributed by atoms with van der Waals surface area (Å²) < 4.78 is 0. The van der Waals surface area contributed by atoms with E-state index in [1.165, 1.54) is 38.5 Å². The van der Waals surface area contributed by atoms with Crippen molar-refractivity contribution < 1.29 is 4.79 Å². The molecule has 1 heterocycles. The van der Waals surface area contributed by atoms with Crippen LogP contribution in [-0.4, -0.2) is 10.9 Å². The monoisotopic (exact) mass is 285 g/mol. The molecule has 1 amide bonds. The van der Waals surface area contributed by atoms with E-state index in [0.717, 1.165) is 17.8 Å². The van der Waals surface area contributed by atoms with Crippen LogP contribution >= 0.6 is 0 Å². The van der Waals surface area contributed by atoms with Gasteiger partial charge in [-0.25, -0.2) is 0 Å². The molecule has 0 aromatic carbocycles. The van der Waals surface area contributed by atoms with Crippen LogP contribution in [0.2, 0.25) is 0 Å². The fourth-order valence-corrected chi connectivity index (χ4v) is 5.56. The smallest absolute Gasteiger partial charge is 0.224 e. The molecule has 4 aliphatic carbocycles. The average molecular weight is 285 g/mol. The summed E-state index contributed by atoms with van der Waals surface area (Å²) in [6.45, 7) is 0. The van der Waals surface area contributed by atoms with Crippen LogP contribution in [0.15, 0.2) is 18.5 Å². The molecule has 21 heavy (non-hydrogen) atoms. The lowest BCUT2D eigenvalue weighted by Crippen LogP contribution is -2.47. The molecule has 3 N–H and O–H groups in total. The second kappa shape index (κ2) is 4.72. The number of amides is 1. The first-order valence-electron chi connectivity index (χ1n) is 8.11. The number of hydrogen-bond acceptors (Lipinski definition) is 3. The van der Waals surface area contributed by atoms with Crippen molar-refractivity contribution in [3.63, 3.8) is 0 Å². The van der Waals surface area contributed by atoms with Crippen LogP contribution in [0.25, 0.3) is 0 Å². The number of anilines is 2. The topological polar surface area (TPSA) is 68.0 Å². The van der Waals surface area contributed by atoms with Crippen LogP contribution in [0.4, 0.5) is 11.4 Å². The molecule has 0 aliphatic heterocycles. The molecule has 4 aliphatic rings. The van der Waals surface area contributed by atoms with E-state index in [9.17, 15) is 4.79 Å². The van der Waals surface area contributed by atoms with Crippen molar-refractivity contribution in [3.8, 4) is 0 Å². The van der Waals surface area contributed by atoms with Crippen molar-refractivity contribution >= 4 is 17.3 Å². The van der Waals surface area contributed by atoms with E-state index in [0.29, 0.717) is 17.8 Å². The van der Waals surface area contributed by atoms with E-state index < -0.39 is 0 Å². The molecule has 1 aromatic rings. The van der Waals surface area contributed by atoms with Crippen LogP contribution in [0.3, 0.4) is 0 Å². The van der Waals surface area contributed by atoms with E-state index >= 15 is 0 Å². The molecule has 0 saturated heterocycles. The highest BCUT2D eigenvalue weighted by Gasteiger charge is 2.51. The highest BCUT2D eigenvalue weighted by Crippen LogP contribution is 2.61. The highest BCUT2D eigenvalue weighted by molar-refractivity contribution is 5.94. The van der Waals surface area contributed by atoms with Crippen LogP contribution in [0.1, 0.15) is 44.9 Å². The molecular weight excluding hydrogens is 262 g/mol. The number of nitrogens with zero attached hydrogens (tertiary/aromatic N) is 1. The van der Waals surface area contributed by atoms with Gasteiger partial charge in [0, 0.05) is 12.6 Å². The van der Waals surface area contributed by atoms with Crippen molar-refractivity contribution in [2.24, 2.45) is 23.2 Å². The lowest BCUT2D eigenvalue weighted by Gasteiger charge is -2.56. The number of carbonyl (C=O) groups is 1. The van der Waals surface area contributed by atoms with Gasteiger partial charge < -0.3 is 11.1 Å². The summed E-state index contributed by atoms with van der Waals surface area (Å²) in [6, 6.07) is 1.77. The number of aromatic nitrogens is 1. The van der Waals surface area contributed by atoms with E-state index in [1.54, 1.807) is 18.5 Å². The summed E-state index contributed by atoms with van der Waals surface area (Å²) in [5.41, 5.74) is 7.36. The van der Waals surface area contributed by atoms with Crippen molar-refractivity contribution in [1.82, 2.24) is 4.98 Å². The lowest BCUT2D eigenvalue weighted by molar-refractivity contribution is -0.124. The van der Waals surface area contributed by atoms with Gasteiger partial charge in [-0.05, 0) is 67.8 Å². The second-order valence-electron chi connectivity index (χ2n) is 7.61. The number of carbonyl (C=O) groups excluding carboxylic acids is 1. The Kier molecular flexibility index (Phi) is 2.95. The Bertz CT molecular complexity index is 534. The predicted molar refractivity (Wildman–Crippen MR) is 82.5 cm³/mol. The zero-order chi connectivity index (χ0) is 14.4. The molecule has 0 radical (unpaired) electrons. The maximum absolute atomic E-state index is 12.5. The third kappa shape index (κ3) is 2.41. The molecule has 4 heteroatoms. The number of nitrogens with two attached hydrogens (primary N) is 1. The summed E-state index contributed by atoms with van der Waals surface area (Å²) in [5.74, 6) is 2.77. The number of rotatable bonds is 3. The molecule has 4 nitrogen and oxygen atoms in total. The summed E-state index contributed by atoms with van der Waals surface area (Å²) in [4.78, 5) is 16.4. The largest absolute Gasteiger partial charge is 0.396 e. The van der Waals surface area contributed by atoms with Gasteiger partial charge in [-0.3, -0.25) is 9.78 Å². The van der Waals surface area contributed by atoms with E-state index in [1.807, 2.05) is 0 Å². The second-order valence-corrected chi connectivity index (χ2v) is 7.61. The maximum Gasteiger partial charge on any atom is 0.224 e. The Morgan fingerprint density at radius 2 is 1.86 bits per heavy atom. The van der Waals surface area contributed by atoms with Gasteiger partial charge in [-0.1, -0.05) is 0 Å². The van der Waals surface area contributed by atoms with Gasteiger partial charge in [0.15, 0.2) is 0 Å². The SMILES string of the molecule is Nc1cnccc1NC(=O)CC12CC3CC(CC(C3)C1)C2. The van der Waals surface area contributed by atoms with Crippen LogP contribution in [0, 0.1) is 23.2 Å². The third-order valence-corrected chi connectivity index (χ3v) is 5.83. The summed E-state index contributed by atoms with van der Waals surface area (Å²) in [7, 11) is 0. The zero-order valence-electron chi connectivity index (χ0n) is 12.3. The van der Waals surface area contributed by atoms with E-state index in [-0.39, 0.29) is 11.3 Å². The minimum absolute atomic E-state index is 0.120. The van der Waals surface area contributed by atoms with E-state index in [4.69, 9.17) is 5.73 Å². The molecule has 4 fully saturated rings. The number of nitrogen functional groups attached to an aromatic ring is 1. The quantitative estimate of drug-likeness (QED) is 0.896. The van der Waals surface area contributed by atoms with Gasteiger partial charge in [-0.15, -0.1) is 0 Å². The summed E-state index contributed by atoms with van der Waals surface area (Å²) in [5, 5.41) is 2.98. The highest BCUT2D eigenvalue weighted by atomic mass is 16.1. The molecular formula is C17H23N3O. The Hall–Kier alpha value is -1.58. The first kappa shape index (κ1) is 13.1. The number of hydrogen-bond donors (Lipinski definition) is 2. The first-order valence-corrected chi connectivity index (χ1v) is 8.11. The summed E-state index contributed by atoms with van der Waals surface area (Å²) in [6.07, 6.45) is 11.9. The summed E-state index contributed by atoms with van der Waals surface area (Å²) >= 11 is 0. The van der Waals surface area contributed by atoms with Gasteiger partial charge >= 0.3 is 0 Å². The molecule has 4 bridgehead atoms. The van der Waals surface area contributed by atoms with Crippen molar-refractivity contribution in [2.45, 2.75) is 44.9 Å². The van der Waals surface area contributed by atoms with Gasteiger partial charge in [0.05, 0.1) is 17.6 Å². The Morgan fingerprint density at radius 1 is 1.24 bits per heavy atom. The molecule has 1 aromatic heterocycles. The normalized spacial score (nSPS) is 36.7. The minimum Gasteiger partial charge on any atom is -0.396 e. The third-order valence-electron chi connectivity index (χ3n) is 5.83. The fraction of sp³-hybridized carbons (Fsp3) is 0.647. The number of nitrogens with one attached hydrogen (secondary N) is 1. The van der Waals surface area contributed by atoms with Crippen LogP contribution in [0.5, 0.6) is 0 Å². The standard InChI is InChI=1S/C17H23N3O/c18-14-10-19-2-1-15(14)20-16(21)9-17-6-11-3-12(7-17)5-13(4-11)8-17/h1-2,10-13H,3-9,18H2,(H,19,20,21). The van der Waals surface area contributed by atoms with Crippen molar-refractivity contribution in [1.29, 1.82) is 0 Å². The van der Waals surface area contributed by atoms with Crippen molar-refractivity contribution in [2.75, 3.05) is 11.1 Å². The van der Waals surface area contributed by atoms with E-state index in [2.05, 4.69) is 10.3 Å². The molecule has 0 spiro atoms. The Labute approximate surface area is 125 Å². The molecule has 0 atom stereocenters. The maximum atomic E-state index is 12.5. The predicted octanol–water partition coefficient (Wildman–Crippen LogP) is 3.21. The van der Waals surface area contributed by atoms with Crippen LogP contribution in [-0.2, 0) is 4.79 Å². The number of pyridine rings is 1. The molecule has 5 rings (SSSR count). The van der Waals surface area contributed by atoms with Crippen LogP contribution < -0.4 is 11.1 Å². The van der Waals surface area contributed by atoms with Gasteiger partial charge in [-0.2, -0.15) is 0 Å². The fourth-order valence-electron chi connectivity index (χ4n) is 5.56. The lowest BCUT2D eigenvalue weighted by atomic mass is 9.49. The van der Waals surface area contributed by atoms with Crippen molar-refractivity contribution in [3.05, 3.63) is 18.5 Å². The average Bonchev–Trinajstić information content (AvgIpc) is 2.39. The Morgan fingerprint density at radius 3 is 2.43 bits per heavy atom.